The van der Waals surface area contributed by atoms with Crippen molar-refractivity contribution in [1.29, 1.82) is 0 Å². The van der Waals surface area contributed by atoms with Crippen molar-refractivity contribution >= 4 is 21.9 Å². The first-order valence-corrected chi connectivity index (χ1v) is 7.05. The lowest BCUT2D eigenvalue weighted by Gasteiger charge is -2.06. The molecule has 0 saturated heterocycles. The Kier molecular flexibility index (Phi) is 2.82. The van der Waals surface area contributed by atoms with E-state index in [0.717, 1.165) is 44.8 Å². The van der Waals surface area contributed by atoms with Crippen molar-refractivity contribution in [1.82, 2.24) is 9.97 Å². The van der Waals surface area contributed by atoms with Gasteiger partial charge in [-0.3, -0.25) is 0 Å². The van der Waals surface area contributed by atoms with Crippen molar-refractivity contribution < 1.29 is 9.15 Å². The average molecular weight is 290 g/mol. The molecule has 4 aromatic rings. The fourth-order valence-electron chi connectivity index (χ4n) is 2.64. The molecule has 108 valence electrons. The van der Waals surface area contributed by atoms with Crippen molar-refractivity contribution in [2.45, 2.75) is 6.92 Å². The van der Waals surface area contributed by atoms with Crippen molar-refractivity contribution in [2.75, 3.05) is 7.11 Å². The molecule has 0 radical (unpaired) electrons. The second-order valence-corrected chi connectivity index (χ2v) is 5.21. The third kappa shape index (κ3) is 2.00. The molecule has 0 unspecified atom stereocenters. The van der Waals surface area contributed by atoms with Crippen LogP contribution in [-0.4, -0.2) is 17.1 Å². The van der Waals surface area contributed by atoms with Gasteiger partial charge in [0.25, 0.3) is 0 Å². The molecule has 0 aliphatic rings. The van der Waals surface area contributed by atoms with Crippen LogP contribution in [0.3, 0.4) is 0 Å². The number of furan rings is 1. The summed E-state index contributed by atoms with van der Waals surface area (Å²) in [6.45, 7) is 1.96. The fourth-order valence-corrected chi connectivity index (χ4v) is 2.64. The predicted molar refractivity (Wildman–Crippen MR) is 86.0 cm³/mol. The molecule has 0 aliphatic heterocycles. The molecule has 1 aromatic carbocycles. The topological polar surface area (TPSA) is 48.2 Å². The summed E-state index contributed by atoms with van der Waals surface area (Å²) in [7, 11) is 1.64. The number of pyridine rings is 2. The molecule has 0 bridgehead atoms. The van der Waals surface area contributed by atoms with Crippen molar-refractivity contribution in [3.63, 3.8) is 0 Å². The Hall–Kier alpha value is -2.88. The Morgan fingerprint density at radius 2 is 1.91 bits per heavy atom. The summed E-state index contributed by atoms with van der Waals surface area (Å²) in [5.74, 6) is 1.46. The van der Waals surface area contributed by atoms with Crippen molar-refractivity contribution in [3.05, 3.63) is 54.4 Å². The Morgan fingerprint density at radius 1 is 1.05 bits per heavy atom. The van der Waals surface area contributed by atoms with Crippen molar-refractivity contribution in [3.8, 4) is 17.2 Å². The van der Waals surface area contributed by atoms with Crippen LogP contribution in [0.15, 0.2) is 53.1 Å². The second kappa shape index (κ2) is 4.84. The maximum absolute atomic E-state index is 5.94. The molecule has 0 atom stereocenters. The predicted octanol–water partition coefficient (Wildman–Crippen LogP) is 4.36. The molecule has 3 aromatic heterocycles. The molecule has 0 N–H and O–H groups in total. The number of ether oxygens (including phenoxy) is 1. The molecule has 3 heterocycles. The van der Waals surface area contributed by atoms with Gasteiger partial charge in [-0.25, -0.2) is 9.97 Å². The number of methoxy groups -OCH3 is 1. The molecular weight excluding hydrogens is 276 g/mol. The number of rotatable bonds is 2. The lowest BCUT2D eigenvalue weighted by Crippen LogP contribution is -1.92. The summed E-state index contributed by atoms with van der Waals surface area (Å²) in [5.41, 5.74) is 3.33. The Morgan fingerprint density at radius 3 is 2.73 bits per heavy atom. The largest absolute Gasteiger partial charge is 0.495 e. The zero-order chi connectivity index (χ0) is 15.1. The van der Waals surface area contributed by atoms with E-state index in [9.17, 15) is 0 Å². The smallest absolute Gasteiger partial charge is 0.156 e. The minimum absolute atomic E-state index is 0.729. The summed E-state index contributed by atoms with van der Waals surface area (Å²) < 4.78 is 11.2. The Balaban J connectivity index is 2.00. The van der Waals surface area contributed by atoms with Gasteiger partial charge in [-0.05, 0) is 31.2 Å². The average Bonchev–Trinajstić information content (AvgIpc) is 2.97. The van der Waals surface area contributed by atoms with Crippen LogP contribution < -0.4 is 4.74 Å². The van der Waals surface area contributed by atoms with Gasteiger partial charge in [0.1, 0.15) is 22.5 Å². The fraction of sp³-hybridized carbons (Fsp3) is 0.111. The van der Waals surface area contributed by atoms with E-state index in [0.29, 0.717) is 0 Å². The lowest BCUT2D eigenvalue weighted by atomic mass is 10.1. The van der Waals surface area contributed by atoms with Gasteiger partial charge in [0.2, 0.25) is 0 Å². The summed E-state index contributed by atoms with van der Waals surface area (Å²) in [4.78, 5) is 9.12. The monoisotopic (exact) mass is 290 g/mol. The molecule has 4 rings (SSSR count). The van der Waals surface area contributed by atoms with Crippen LogP contribution >= 0.6 is 0 Å². The van der Waals surface area contributed by atoms with Crippen LogP contribution in [-0.2, 0) is 0 Å². The van der Waals surface area contributed by atoms with Gasteiger partial charge in [-0.1, -0.05) is 18.2 Å². The number of aromatic nitrogens is 2. The normalized spacial score (nSPS) is 11.2. The standard InChI is InChI=1S/C18H14N2O2/c1-11-7-13-8-14(21-2)10-19-17(13)18(20-11)16-9-12-5-3-4-6-15(12)22-16/h3-10H,1-2H3. The SMILES string of the molecule is COc1cnc2c(-c3cc4ccccc4o3)nc(C)cc2c1. The van der Waals surface area contributed by atoms with Crippen LogP contribution in [0.25, 0.3) is 33.3 Å². The van der Waals surface area contributed by atoms with Crippen LogP contribution in [0.4, 0.5) is 0 Å². The van der Waals surface area contributed by atoms with Gasteiger partial charge in [0.15, 0.2) is 5.76 Å². The number of hydrogen-bond acceptors (Lipinski definition) is 4. The molecular formula is C18H14N2O2. The minimum atomic E-state index is 0.729. The molecule has 0 saturated carbocycles. The third-order valence-corrected chi connectivity index (χ3v) is 3.66. The van der Waals surface area contributed by atoms with E-state index in [4.69, 9.17) is 9.15 Å². The van der Waals surface area contributed by atoms with Gasteiger partial charge in [-0.2, -0.15) is 0 Å². The highest BCUT2D eigenvalue weighted by Gasteiger charge is 2.13. The first kappa shape index (κ1) is 12.8. The van der Waals surface area contributed by atoms with Gasteiger partial charge in [0, 0.05) is 16.5 Å². The zero-order valence-corrected chi connectivity index (χ0v) is 12.3. The molecule has 0 aliphatic carbocycles. The molecule has 22 heavy (non-hydrogen) atoms. The Bertz CT molecular complexity index is 956. The minimum Gasteiger partial charge on any atom is -0.495 e. The van der Waals surface area contributed by atoms with E-state index in [1.807, 2.05) is 49.4 Å². The number of aryl methyl sites for hydroxylation is 1. The van der Waals surface area contributed by atoms with Crippen LogP contribution in [0, 0.1) is 6.92 Å². The molecule has 4 heteroatoms. The number of fused-ring (bicyclic) bond motifs is 2. The van der Waals surface area contributed by atoms with E-state index >= 15 is 0 Å². The molecule has 0 fully saturated rings. The lowest BCUT2D eigenvalue weighted by molar-refractivity contribution is 0.414. The van der Waals surface area contributed by atoms with Gasteiger partial charge in [0.05, 0.1) is 13.3 Å². The summed E-state index contributed by atoms with van der Waals surface area (Å²) >= 11 is 0. The highest BCUT2D eigenvalue weighted by atomic mass is 16.5. The van der Waals surface area contributed by atoms with Gasteiger partial charge in [-0.15, -0.1) is 0 Å². The van der Waals surface area contributed by atoms with Crippen LogP contribution in [0.5, 0.6) is 5.75 Å². The molecule has 4 nitrogen and oxygen atoms in total. The summed E-state index contributed by atoms with van der Waals surface area (Å²) in [6.07, 6.45) is 1.70. The highest BCUT2D eigenvalue weighted by molar-refractivity contribution is 5.93. The molecule has 0 spiro atoms. The zero-order valence-electron chi connectivity index (χ0n) is 12.3. The third-order valence-electron chi connectivity index (χ3n) is 3.66. The maximum Gasteiger partial charge on any atom is 0.156 e. The highest BCUT2D eigenvalue weighted by Crippen LogP contribution is 2.32. The number of nitrogens with zero attached hydrogens (tertiary/aromatic N) is 2. The van der Waals surface area contributed by atoms with Crippen molar-refractivity contribution in [2.24, 2.45) is 0 Å². The number of benzene rings is 1. The van der Waals surface area contributed by atoms with E-state index in [1.54, 1.807) is 13.3 Å². The van der Waals surface area contributed by atoms with E-state index in [2.05, 4.69) is 9.97 Å². The second-order valence-electron chi connectivity index (χ2n) is 5.21. The van der Waals surface area contributed by atoms with Gasteiger partial charge < -0.3 is 9.15 Å². The van der Waals surface area contributed by atoms with E-state index in [-0.39, 0.29) is 0 Å². The van der Waals surface area contributed by atoms with Crippen LogP contribution in [0.2, 0.25) is 0 Å². The number of para-hydroxylation sites is 1. The summed E-state index contributed by atoms with van der Waals surface area (Å²) in [5, 5.41) is 2.05. The Labute approximate surface area is 127 Å². The summed E-state index contributed by atoms with van der Waals surface area (Å²) in [6, 6.07) is 13.9. The molecule has 0 amide bonds. The first-order valence-electron chi connectivity index (χ1n) is 7.05. The van der Waals surface area contributed by atoms with E-state index in [1.165, 1.54) is 0 Å². The first-order chi connectivity index (χ1) is 10.7. The van der Waals surface area contributed by atoms with Crippen LogP contribution in [0.1, 0.15) is 5.69 Å². The van der Waals surface area contributed by atoms with Gasteiger partial charge >= 0.3 is 0 Å². The number of hydrogen-bond donors (Lipinski definition) is 0. The maximum atomic E-state index is 5.94. The van der Waals surface area contributed by atoms with E-state index < -0.39 is 0 Å². The quantitative estimate of drug-likeness (QED) is 0.550.